The molecule has 1 fully saturated rings. The van der Waals surface area contributed by atoms with Crippen molar-refractivity contribution < 1.29 is 13.3 Å². The predicted octanol–water partition coefficient (Wildman–Crippen LogP) is 2.10. The molecule has 2 rings (SSSR count). The van der Waals surface area contributed by atoms with Crippen LogP contribution in [0.5, 0.6) is 0 Å². The Labute approximate surface area is 123 Å². The minimum Gasteiger partial charge on any atom is -0.383 e. The van der Waals surface area contributed by atoms with E-state index in [-0.39, 0.29) is 22.5 Å². The zero-order valence-electron chi connectivity index (χ0n) is 12.0. The molecule has 1 aromatic rings. The second-order valence-corrected chi connectivity index (χ2v) is 6.98. The third-order valence-electron chi connectivity index (χ3n) is 3.91. The lowest BCUT2D eigenvalue weighted by Crippen LogP contribution is -2.36. The number of hydrogen-bond acceptors (Lipinski definition) is 5. The van der Waals surface area contributed by atoms with Crippen LogP contribution in [0.4, 0.5) is 11.4 Å². The summed E-state index contributed by atoms with van der Waals surface area (Å²) < 4.78 is 27.6. The van der Waals surface area contributed by atoms with Crippen molar-refractivity contribution in [1.82, 2.24) is 4.72 Å². The lowest BCUT2D eigenvalue weighted by molar-refractivity contribution is -0.386. The van der Waals surface area contributed by atoms with Crippen molar-refractivity contribution in [2.24, 2.45) is 5.92 Å². The van der Waals surface area contributed by atoms with E-state index in [1.54, 1.807) is 0 Å². The largest absolute Gasteiger partial charge is 0.383 e. The average Bonchev–Trinajstić information content (AvgIpc) is 2.82. The Morgan fingerprint density at radius 2 is 2.05 bits per heavy atom. The Balaban J connectivity index is 2.42. The molecule has 0 heterocycles. The standard InChI is InChI=1S/C13H19N3O4S/c1-9-5-3-6-10(9)15-21(19,20)12-8-4-7-11(14-2)13(12)16(17)18/h4,7-10,14-15H,3,5-6H2,1-2H3. The highest BCUT2D eigenvalue weighted by atomic mass is 32.2. The summed E-state index contributed by atoms with van der Waals surface area (Å²) >= 11 is 0. The number of nitro benzene ring substituents is 1. The van der Waals surface area contributed by atoms with Crippen LogP contribution in [-0.4, -0.2) is 26.4 Å². The van der Waals surface area contributed by atoms with Gasteiger partial charge in [-0.1, -0.05) is 19.4 Å². The maximum Gasteiger partial charge on any atom is 0.312 e. The monoisotopic (exact) mass is 313 g/mol. The van der Waals surface area contributed by atoms with E-state index >= 15 is 0 Å². The number of nitrogens with zero attached hydrogens (tertiary/aromatic N) is 1. The van der Waals surface area contributed by atoms with Crippen molar-refractivity contribution in [2.45, 2.75) is 37.1 Å². The summed E-state index contributed by atoms with van der Waals surface area (Å²) in [5.41, 5.74) is -0.236. The van der Waals surface area contributed by atoms with E-state index in [4.69, 9.17) is 0 Å². The normalized spacial score (nSPS) is 22.2. The van der Waals surface area contributed by atoms with Gasteiger partial charge >= 0.3 is 5.69 Å². The smallest absolute Gasteiger partial charge is 0.312 e. The average molecular weight is 313 g/mol. The number of para-hydroxylation sites is 1. The fourth-order valence-electron chi connectivity index (χ4n) is 2.71. The van der Waals surface area contributed by atoms with Crippen molar-refractivity contribution in [3.8, 4) is 0 Å². The summed E-state index contributed by atoms with van der Waals surface area (Å²) in [6, 6.07) is 4.08. The van der Waals surface area contributed by atoms with E-state index < -0.39 is 20.6 Å². The maximum atomic E-state index is 12.5. The molecule has 2 N–H and O–H groups in total. The van der Waals surface area contributed by atoms with Gasteiger partial charge in [0.15, 0.2) is 4.90 Å². The van der Waals surface area contributed by atoms with Gasteiger partial charge in [0.25, 0.3) is 0 Å². The lowest BCUT2D eigenvalue weighted by atomic mass is 10.1. The molecule has 0 amide bonds. The van der Waals surface area contributed by atoms with E-state index in [9.17, 15) is 18.5 Å². The van der Waals surface area contributed by atoms with E-state index in [0.717, 1.165) is 19.3 Å². The number of hydrogen-bond donors (Lipinski definition) is 2. The van der Waals surface area contributed by atoms with Gasteiger partial charge < -0.3 is 5.32 Å². The van der Waals surface area contributed by atoms with Gasteiger partial charge in [0.1, 0.15) is 5.69 Å². The minimum absolute atomic E-state index is 0.159. The molecule has 1 aromatic carbocycles. The molecule has 1 aliphatic rings. The van der Waals surface area contributed by atoms with Gasteiger partial charge in [-0.15, -0.1) is 0 Å². The van der Waals surface area contributed by atoms with E-state index in [2.05, 4.69) is 10.0 Å². The van der Waals surface area contributed by atoms with Crippen LogP contribution in [0.3, 0.4) is 0 Å². The Bertz CT molecular complexity index is 645. The van der Waals surface area contributed by atoms with Gasteiger partial charge in [-0.3, -0.25) is 10.1 Å². The molecular formula is C13H19N3O4S. The number of rotatable bonds is 5. The van der Waals surface area contributed by atoms with E-state index in [1.807, 2.05) is 6.92 Å². The summed E-state index contributed by atoms with van der Waals surface area (Å²) in [7, 11) is -2.40. The Morgan fingerprint density at radius 3 is 2.57 bits per heavy atom. The number of sulfonamides is 1. The molecule has 7 nitrogen and oxygen atoms in total. The molecule has 8 heteroatoms. The Hall–Kier alpha value is -1.67. The first-order valence-electron chi connectivity index (χ1n) is 6.84. The second kappa shape index (κ2) is 5.98. The molecule has 0 aliphatic heterocycles. The number of nitrogens with one attached hydrogen (secondary N) is 2. The lowest BCUT2D eigenvalue weighted by Gasteiger charge is -2.17. The van der Waals surface area contributed by atoms with Crippen LogP contribution in [0.25, 0.3) is 0 Å². The van der Waals surface area contributed by atoms with Crippen molar-refractivity contribution in [3.05, 3.63) is 28.3 Å². The van der Waals surface area contributed by atoms with Crippen LogP contribution in [0.1, 0.15) is 26.2 Å². The van der Waals surface area contributed by atoms with Gasteiger partial charge in [-0.05, 0) is 30.9 Å². The fourth-order valence-corrected chi connectivity index (χ4v) is 4.28. The predicted molar refractivity (Wildman–Crippen MR) is 79.8 cm³/mol. The van der Waals surface area contributed by atoms with Gasteiger partial charge in [-0.2, -0.15) is 0 Å². The summed E-state index contributed by atoms with van der Waals surface area (Å²) in [4.78, 5) is 10.3. The quantitative estimate of drug-likeness (QED) is 0.640. The molecular weight excluding hydrogens is 294 g/mol. The fraction of sp³-hybridized carbons (Fsp3) is 0.538. The number of nitro groups is 1. The zero-order chi connectivity index (χ0) is 15.6. The highest BCUT2D eigenvalue weighted by molar-refractivity contribution is 7.89. The SMILES string of the molecule is CNc1cccc(S(=O)(=O)NC2CCCC2C)c1[N+](=O)[O-]. The summed E-state index contributed by atoms with van der Waals surface area (Å²) in [5.74, 6) is 0.242. The Morgan fingerprint density at radius 1 is 1.33 bits per heavy atom. The molecule has 2 unspecified atom stereocenters. The molecule has 21 heavy (non-hydrogen) atoms. The molecule has 116 valence electrons. The Kier molecular flexibility index (Phi) is 4.48. The first kappa shape index (κ1) is 15.7. The summed E-state index contributed by atoms with van der Waals surface area (Å²) in [6.45, 7) is 1.98. The minimum atomic E-state index is -3.92. The molecule has 2 atom stereocenters. The van der Waals surface area contributed by atoms with Crippen LogP contribution in [0, 0.1) is 16.0 Å². The van der Waals surface area contributed by atoms with Gasteiger partial charge in [-0.25, -0.2) is 13.1 Å². The van der Waals surface area contributed by atoms with Gasteiger partial charge in [0, 0.05) is 13.1 Å². The third kappa shape index (κ3) is 3.16. The molecule has 1 saturated carbocycles. The topological polar surface area (TPSA) is 101 Å². The van der Waals surface area contributed by atoms with Crippen molar-refractivity contribution >= 4 is 21.4 Å². The first-order chi connectivity index (χ1) is 9.86. The van der Waals surface area contributed by atoms with E-state index in [1.165, 1.54) is 25.2 Å². The molecule has 1 aliphatic carbocycles. The number of anilines is 1. The summed E-state index contributed by atoms with van der Waals surface area (Å²) in [6.07, 6.45) is 2.69. The van der Waals surface area contributed by atoms with Crippen LogP contribution in [-0.2, 0) is 10.0 Å². The third-order valence-corrected chi connectivity index (χ3v) is 5.43. The maximum absolute atomic E-state index is 12.5. The van der Waals surface area contributed by atoms with Crippen molar-refractivity contribution in [1.29, 1.82) is 0 Å². The second-order valence-electron chi connectivity index (χ2n) is 5.30. The molecule has 0 bridgehead atoms. The van der Waals surface area contributed by atoms with Gasteiger partial charge in [0.2, 0.25) is 10.0 Å². The highest BCUT2D eigenvalue weighted by Gasteiger charge is 2.33. The van der Waals surface area contributed by atoms with E-state index in [0.29, 0.717) is 0 Å². The first-order valence-corrected chi connectivity index (χ1v) is 8.32. The molecule has 0 aromatic heterocycles. The summed E-state index contributed by atoms with van der Waals surface area (Å²) in [5, 5.41) is 13.9. The van der Waals surface area contributed by atoms with Crippen LogP contribution >= 0.6 is 0 Å². The molecule has 0 spiro atoms. The van der Waals surface area contributed by atoms with Crippen LogP contribution in [0.2, 0.25) is 0 Å². The van der Waals surface area contributed by atoms with Crippen molar-refractivity contribution in [2.75, 3.05) is 12.4 Å². The van der Waals surface area contributed by atoms with Crippen LogP contribution in [0.15, 0.2) is 23.1 Å². The zero-order valence-corrected chi connectivity index (χ0v) is 12.8. The highest BCUT2D eigenvalue weighted by Crippen LogP contribution is 2.33. The number of benzene rings is 1. The van der Waals surface area contributed by atoms with Crippen LogP contribution < -0.4 is 10.0 Å². The van der Waals surface area contributed by atoms with Gasteiger partial charge in [0.05, 0.1) is 4.92 Å². The van der Waals surface area contributed by atoms with Crippen molar-refractivity contribution in [3.63, 3.8) is 0 Å². The molecule has 0 saturated heterocycles. The molecule has 0 radical (unpaired) electrons.